The van der Waals surface area contributed by atoms with Gasteiger partial charge in [0.25, 0.3) is 10.0 Å². The number of hydrogen-bond acceptors (Lipinski definition) is 4. The van der Waals surface area contributed by atoms with Crippen LogP contribution < -0.4 is 5.73 Å². The lowest BCUT2D eigenvalue weighted by Gasteiger charge is -2.21. The summed E-state index contributed by atoms with van der Waals surface area (Å²) in [4.78, 5) is 0. The lowest BCUT2D eigenvalue weighted by molar-refractivity contribution is 0.407. The maximum absolute atomic E-state index is 12.7. The van der Waals surface area contributed by atoms with E-state index in [1.807, 2.05) is 25.1 Å². The third kappa shape index (κ3) is 3.77. The average Bonchev–Trinajstić information content (AvgIpc) is 2.88. The third-order valence-corrected chi connectivity index (χ3v) is 6.56. The van der Waals surface area contributed by atoms with Crippen molar-refractivity contribution in [1.82, 2.24) is 4.31 Å². The lowest BCUT2D eigenvalue weighted by atomic mass is 10.2. The van der Waals surface area contributed by atoms with E-state index in [9.17, 15) is 8.42 Å². The van der Waals surface area contributed by atoms with Crippen LogP contribution in [0.3, 0.4) is 0 Å². The van der Waals surface area contributed by atoms with Gasteiger partial charge in [0.15, 0.2) is 0 Å². The second-order valence-corrected chi connectivity index (χ2v) is 8.48. The molecule has 0 aliphatic heterocycles. The SMILES string of the molecule is CCCN(Cc1ccccc1N)S(=O)(=O)c1ccc(Cl)s1. The minimum atomic E-state index is -3.55. The number of para-hydroxylation sites is 1. The Morgan fingerprint density at radius 2 is 1.95 bits per heavy atom. The smallest absolute Gasteiger partial charge is 0.252 e. The first-order chi connectivity index (χ1) is 9.95. The van der Waals surface area contributed by atoms with E-state index in [2.05, 4.69) is 0 Å². The molecule has 0 radical (unpaired) electrons. The van der Waals surface area contributed by atoms with Gasteiger partial charge >= 0.3 is 0 Å². The Morgan fingerprint density at radius 1 is 1.24 bits per heavy atom. The van der Waals surface area contributed by atoms with Gasteiger partial charge in [-0.3, -0.25) is 0 Å². The highest BCUT2D eigenvalue weighted by Crippen LogP contribution is 2.29. The molecule has 0 saturated heterocycles. The van der Waals surface area contributed by atoms with Gasteiger partial charge in [-0.25, -0.2) is 8.42 Å². The molecule has 114 valence electrons. The van der Waals surface area contributed by atoms with Crippen LogP contribution in [0.1, 0.15) is 18.9 Å². The molecule has 7 heteroatoms. The summed E-state index contributed by atoms with van der Waals surface area (Å²) in [7, 11) is -3.55. The van der Waals surface area contributed by atoms with E-state index in [1.54, 1.807) is 18.2 Å². The van der Waals surface area contributed by atoms with E-state index in [0.29, 0.717) is 16.6 Å². The predicted octanol–water partition coefficient (Wildman–Crippen LogP) is 3.58. The summed E-state index contributed by atoms with van der Waals surface area (Å²) in [6, 6.07) is 10.4. The molecule has 4 nitrogen and oxygen atoms in total. The molecule has 0 bridgehead atoms. The molecule has 2 rings (SSSR count). The molecule has 0 unspecified atom stereocenters. The van der Waals surface area contributed by atoms with Crippen molar-refractivity contribution in [1.29, 1.82) is 0 Å². The number of nitrogens with zero attached hydrogens (tertiary/aromatic N) is 1. The summed E-state index contributed by atoms with van der Waals surface area (Å²) in [6.07, 6.45) is 0.727. The maximum Gasteiger partial charge on any atom is 0.252 e. The summed E-state index contributed by atoms with van der Waals surface area (Å²) in [5.74, 6) is 0. The number of nitrogen functional groups attached to an aromatic ring is 1. The van der Waals surface area contributed by atoms with E-state index >= 15 is 0 Å². The first-order valence-corrected chi connectivity index (χ1v) is 9.17. The molecular weight excluding hydrogens is 328 g/mol. The topological polar surface area (TPSA) is 63.4 Å². The summed E-state index contributed by atoms with van der Waals surface area (Å²) >= 11 is 6.92. The number of nitrogens with two attached hydrogens (primary N) is 1. The zero-order chi connectivity index (χ0) is 15.5. The van der Waals surface area contributed by atoms with Gasteiger partial charge in [0.2, 0.25) is 0 Å². The summed E-state index contributed by atoms with van der Waals surface area (Å²) < 4.78 is 27.5. The Labute approximate surface area is 134 Å². The Hall–Kier alpha value is -1.08. The van der Waals surface area contributed by atoms with Gasteiger partial charge in [-0.15, -0.1) is 11.3 Å². The highest BCUT2D eigenvalue weighted by molar-refractivity contribution is 7.91. The predicted molar refractivity (Wildman–Crippen MR) is 88.1 cm³/mol. The zero-order valence-electron chi connectivity index (χ0n) is 11.6. The molecule has 1 aromatic heterocycles. The highest BCUT2D eigenvalue weighted by atomic mass is 35.5. The molecule has 1 heterocycles. The van der Waals surface area contributed by atoms with Gasteiger partial charge in [0.1, 0.15) is 4.21 Å². The third-order valence-electron chi connectivity index (χ3n) is 3.02. The molecule has 0 spiro atoms. The quantitative estimate of drug-likeness (QED) is 0.814. The van der Waals surface area contributed by atoms with Crippen LogP contribution in [0.4, 0.5) is 5.69 Å². The van der Waals surface area contributed by atoms with Crippen LogP contribution in [-0.2, 0) is 16.6 Å². The largest absolute Gasteiger partial charge is 0.398 e. The van der Waals surface area contributed by atoms with Gasteiger partial charge in [-0.1, -0.05) is 36.7 Å². The molecule has 0 fully saturated rings. The Balaban J connectivity index is 2.33. The molecule has 1 aromatic carbocycles. The first kappa shape index (κ1) is 16.3. The minimum Gasteiger partial charge on any atom is -0.398 e. The Kier molecular flexibility index (Phi) is 5.27. The van der Waals surface area contributed by atoms with Crippen LogP contribution in [0.2, 0.25) is 4.34 Å². The average molecular weight is 345 g/mol. The van der Waals surface area contributed by atoms with Gasteiger partial charge < -0.3 is 5.73 Å². The second kappa shape index (κ2) is 6.79. The highest BCUT2D eigenvalue weighted by Gasteiger charge is 2.26. The van der Waals surface area contributed by atoms with E-state index in [0.717, 1.165) is 23.3 Å². The van der Waals surface area contributed by atoms with Crippen LogP contribution in [0.5, 0.6) is 0 Å². The minimum absolute atomic E-state index is 0.260. The van der Waals surface area contributed by atoms with E-state index in [1.165, 1.54) is 4.31 Å². The van der Waals surface area contributed by atoms with E-state index < -0.39 is 10.0 Å². The van der Waals surface area contributed by atoms with Gasteiger partial charge in [-0.05, 0) is 30.2 Å². The number of anilines is 1. The van der Waals surface area contributed by atoms with Crippen LogP contribution in [-0.4, -0.2) is 19.3 Å². The molecule has 2 N–H and O–H groups in total. The van der Waals surface area contributed by atoms with Crippen molar-refractivity contribution in [2.24, 2.45) is 0 Å². The van der Waals surface area contributed by atoms with Crippen molar-refractivity contribution in [3.05, 3.63) is 46.3 Å². The number of halogens is 1. The fraction of sp³-hybridized carbons (Fsp3) is 0.286. The normalized spacial score (nSPS) is 12.0. The lowest BCUT2D eigenvalue weighted by Crippen LogP contribution is -2.31. The maximum atomic E-state index is 12.7. The molecule has 2 aromatic rings. The summed E-state index contributed by atoms with van der Waals surface area (Å²) in [5.41, 5.74) is 7.31. The van der Waals surface area contributed by atoms with Crippen LogP contribution in [0.15, 0.2) is 40.6 Å². The van der Waals surface area contributed by atoms with Gasteiger partial charge in [0, 0.05) is 18.8 Å². The van der Waals surface area contributed by atoms with Crippen molar-refractivity contribution in [2.75, 3.05) is 12.3 Å². The van der Waals surface area contributed by atoms with Gasteiger partial charge in [0.05, 0.1) is 4.34 Å². The van der Waals surface area contributed by atoms with Crippen molar-refractivity contribution < 1.29 is 8.42 Å². The van der Waals surface area contributed by atoms with Crippen LogP contribution in [0, 0.1) is 0 Å². The number of thiophene rings is 1. The fourth-order valence-electron chi connectivity index (χ4n) is 1.97. The number of hydrogen-bond donors (Lipinski definition) is 1. The van der Waals surface area contributed by atoms with E-state index in [-0.39, 0.29) is 10.8 Å². The Bertz CT molecular complexity index is 713. The van der Waals surface area contributed by atoms with Crippen LogP contribution in [0.25, 0.3) is 0 Å². The Morgan fingerprint density at radius 3 is 2.52 bits per heavy atom. The molecule has 0 amide bonds. The molecule has 0 aliphatic rings. The monoisotopic (exact) mass is 344 g/mol. The molecular formula is C14H17ClN2O2S2. The zero-order valence-corrected chi connectivity index (χ0v) is 14.0. The molecule has 0 aliphatic carbocycles. The second-order valence-electron chi connectivity index (χ2n) is 4.60. The number of sulfonamides is 1. The van der Waals surface area contributed by atoms with Gasteiger partial charge in [-0.2, -0.15) is 4.31 Å². The fourth-order valence-corrected chi connectivity index (χ4v) is 5.11. The summed E-state index contributed by atoms with van der Waals surface area (Å²) in [5, 5.41) is 0. The van der Waals surface area contributed by atoms with Crippen molar-refractivity contribution in [3.8, 4) is 0 Å². The molecule has 21 heavy (non-hydrogen) atoms. The summed E-state index contributed by atoms with van der Waals surface area (Å²) in [6.45, 7) is 2.64. The standard InChI is InChI=1S/C14H17ClN2O2S2/c1-2-9-17(10-11-5-3-4-6-12(11)16)21(18,19)14-8-7-13(15)20-14/h3-8H,2,9-10,16H2,1H3. The van der Waals surface area contributed by atoms with Crippen LogP contribution >= 0.6 is 22.9 Å². The van der Waals surface area contributed by atoms with Crippen molar-refractivity contribution in [2.45, 2.75) is 24.1 Å². The molecule has 0 saturated carbocycles. The number of benzene rings is 1. The first-order valence-electron chi connectivity index (χ1n) is 6.54. The van der Waals surface area contributed by atoms with Crippen molar-refractivity contribution in [3.63, 3.8) is 0 Å². The van der Waals surface area contributed by atoms with E-state index in [4.69, 9.17) is 17.3 Å². The number of rotatable bonds is 6. The molecule has 0 atom stereocenters. The van der Waals surface area contributed by atoms with Crippen molar-refractivity contribution >= 4 is 38.6 Å².